The molecule has 0 aromatic heterocycles. The molecule has 2 unspecified atom stereocenters. The molecule has 8 heteroatoms. The SMILES string of the molecule is COc1cc2c(cc1OC(C)C)[C@H](c1ccc(Cl)cc1)N(c1ccc(C(C)(O)C3CCCN(C=O)C3)cc1)C(=O)C2. The molecule has 0 saturated carbocycles. The summed E-state index contributed by atoms with van der Waals surface area (Å²) in [6.07, 6.45) is 2.70. The highest BCUT2D eigenvalue weighted by atomic mass is 35.5. The normalized spacial score (nSPS) is 20.4. The Kier molecular flexibility index (Phi) is 8.30. The summed E-state index contributed by atoms with van der Waals surface area (Å²) >= 11 is 6.23. The van der Waals surface area contributed by atoms with Gasteiger partial charge in [-0.3, -0.25) is 9.59 Å². The summed E-state index contributed by atoms with van der Waals surface area (Å²) in [6, 6.07) is 18.6. The first-order valence-electron chi connectivity index (χ1n) is 14.1. The van der Waals surface area contributed by atoms with Crippen molar-refractivity contribution in [3.8, 4) is 11.5 Å². The van der Waals surface area contributed by atoms with E-state index >= 15 is 0 Å². The molecule has 2 heterocycles. The van der Waals surface area contributed by atoms with Crippen LogP contribution in [0.25, 0.3) is 0 Å². The minimum absolute atomic E-state index is 0.0505. The van der Waals surface area contributed by atoms with Crippen LogP contribution in [0.4, 0.5) is 5.69 Å². The predicted molar refractivity (Wildman–Crippen MR) is 160 cm³/mol. The smallest absolute Gasteiger partial charge is 0.232 e. The van der Waals surface area contributed by atoms with Crippen molar-refractivity contribution in [1.29, 1.82) is 0 Å². The molecule has 0 aliphatic carbocycles. The Morgan fingerprint density at radius 3 is 2.41 bits per heavy atom. The van der Waals surface area contributed by atoms with Gasteiger partial charge >= 0.3 is 0 Å². The summed E-state index contributed by atoms with van der Waals surface area (Å²) in [6.45, 7) is 6.97. The number of hydrogen-bond donors (Lipinski definition) is 1. The fourth-order valence-corrected chi connectivity index (χ4v) is 6.21. The fraction of sp³-hybridized carbons (Fsp3) is 0.394. The third-order valence-electron chi connectivity index (χ3n) is 8.26. The molecule has 2 aliphatic heterocycles. The maximum atomic E-state index is 13.8. The van der Waals surface area contributed by atoms with Crippen LogP contribution in [0.3, 0.4) is 0 Å². The van der Waals surface area contributed by atoms with E-state index in [9.17, 15) is 14.7 Å². The van der Waals surface area contributed by atoms with E-state index in [-0.39, 0.29) is 24.3 Å². The van der Waals surface area contributed by atoms with Crippen molar-refractivity contribution in [3.63, 3.8) is 0 Å². The summed E-state index contributed by atoms with van der Waals surface area (Å²) in [5.74, 6) is 1.09. The molecule has 3 aromatic carbocycles. The second kappa shape index (κ2) is 11.7. The first-order valence-corrected chi connectivity index (χ1v) is 14.5. The van der Waals surface area contributed by atoms with E-state index in [2.05, 4.69) is 0 Å². The minimum Gasteiger partial charge on any atom is -0.493 e. The molecule has 0 bridgehead atoms. The van der Waals surface area contributed by atoms with Gasteiger partial charge in [0.15, 0.2) is 11.5 Å². The van der Waals surface area contributed by atoms with Crippen molar-refractivity contribution in [2.75, 3.05) is 25.1 Å². The zero-order valence-corrected chi connectivity index (χ0v) is 24.7. The molecule has 41 heavy (non-hydrogen) atoms. The van der Waals surface area contributed by atoms with E-state index in [0.717, 1.165) is 53.7 Å². The van der Waals surface area contributed by atoms with Crippen molar-refractivity contribution in [2.24, 2.45) is 5.92 Å². The lowest BCUT2D eigenvalue weighted by Gasteiger charge is -2.40. The van der Waals surface area contributed by atoms with Crippen molar-refractivity contribution < 1.29 is 24.2 Å². The Labute approximate surface area is 246 Å². The van der Waals surface area contributed by atoms with Crippen molar-refractivity contribution >= 4 is 29.6 Å². The van der Waals surface area contributed by atoms with Gasteiger partial charge in [-0.15, -0.1) is 0 Å². The highest BCUT2D eigenvalue weighted by Gasteiger charge is 2.38. The number of nitrogens with zero attached hydrogens (tertiary/aromatic N) is 2. The molecule has 5 rings (SSSR count). The Balaban J connectivity index is 1.55. The Hall–Kier alpha value is -3.55. The highest BCUT2D eigenvalue weighted by molar-refractivity contribution is 6.30. The van der Waals surface area contributed by atoms with E-state index in [1.54, 1.807) is 12.0 Å². The first kappa shape index (κ1) is 29.0. The topological polar surface area (TPSA) is 79.3 Å². The summed E-state index contributed by atoms with van der Waals surface area (Å²) in [5.41, 5.74) is 3.11. The zero-order chi connectivity index (χ0) is 29.3. The summed E-state index contributed by atoms with van der Waals surface area (Å²) in [5, 5.41) is 12.2. The molecule has 1 saturated heterocycles. The predicted octanol–water partition coefficient (Wildman–Crippen LogP) is 5.89. The Bertz CT molecular complexity index is 1400. The number of methoxy groups -OCH3 is 1. The second-order valence-electron chi connectivity index (χ2n) is 11.4. The van der Waals surface area contributed by atoms with Crippen molar-refractivity contribution in [1.82, 2.24) is 4.90 Å². The van der Waals surface area contributed by atoms with E-state index in [1.807, 2.05) is 86.3 Å². The van der Waals surface area contributed by atoms with Crippen LogP contribution >= 0.6 is 11.6 Å². The summed E-state index contributed by atoms with van der Waals surface area (Å²) < 4.78 is 11.7. The number of fused-ring (bicyclic) bond motifs is 1. The summed E-state index contributed by atoms with van der Waals surface area (Å²) in [7, 11) is 1.60. The van der Waals surface area contributed by atoms with Gasteiger partial charge in [0, 0.05) is 29.7 Å². The Morgan fingerprint density at radius 1 is 1.07 bits per heavy atom. The molecule has 1 N–H and O–H groups in total. The molecule has 1 fully saturated rings. The van der Waals surface area contributed by atoms with E-state index in [0.29, 0.717) is 23.1 Å². The third kappa shape index (κ3) is 5.79. The average molecular weight is 577 g/mol. The number of carbonyl (C=O) groups is 2. The van der Waals surface area contributed by atoms with Crippen LogP contribution in [0, 0.1) is 5.92 Å². The fourth-order valence-electron chi connectivity index (χ4n) is 6.09. The molecule has 3 atom stereocenters. The number of halogens is 1. The van der Waals surface area contributed by atoms with Gasteiger partial charge in [0.05, 0.1) is 31.3 Å². The number of aliphatic hydroxyl groups is 1. The minimum atomic E-state index is -1.12. The van der Waals surface area contributed by atoms with Crippen LogP contribution in [-0.2, 0) is 21.6 Å². The van der Waals surface area contributed by atoms with Gasteiger partial charge in [0.1, 0.15) is 0 Å². The van der Waals surface area contributed by atoms with Gasteiger partial charge in [0.25, 0.3) is 0 Å². The number of rotatable bonds is 8. The molecule has 7 nitrogen and oxygen atoms in total. The maximum absolute atomic E-state index is 13.8. The molecule has 3 aromatic rings. The largest absolute Gasteiger partial charge is 0.493 e. The standard InChI is InChI=1S/C33H37ClN2O5/c1-21(2)41-30-18-28-23(16-29(30)40-4)17-31(38)36(32(28)22-7-11-26(34)12-8-22)27-13-9-24(10-14-27)33(3,39)25-6-5-15-35(19-25)20-37/h7-14,16,18,20-21,25,32,39H,5-6,15,17,19H2,1-4H3/t25?,32-,33?/m0/s1. The zero-order valence-electron chi connectivity index (χ0n) is 24.0. The molecule has 0 spiro atoms. The third-order valence-corrected chi connectivity index (χ3v) is 8.52. The highest BCUT2D eigenvalue weighted by Crippen LogP contribution is 2.44. The lowest BCUT2D eigenvalue weighted by Crippen LogP contribution is -2.44. The molecule has 2 amide bonds. The van der Waals surface area contributed by atoms with Crippen LogP contribution in [0.2, 0.25) is 5.02 Å². The molecule has 2 aliphatic rings. The van der Waals surface area contributed by atoms with Gasteiger partial charge < -0.3 is 24.4 Å². The summed E-state index contributed by atoms with van der Waals surface area (Å²) in [4.78, 5) is 28.7. The van der Waals surface area contributed by atoms with Crippen LogP contribution in [0.5, 0.6) is 11.5 Å². The number of hydrogen-bond acceptors (Lipinski definition) is 5. The van der Waals surface area contributed by atoms with Gasteiger partial charge in [-0.25, -0.2) is 0 Å². The van der Waals surface area contributed by atoms with Crippen LogP contribution in [0.1, 0.15) is 61.9 Å². The monoisotopic (exact) mass is 576 g/mol. The van der Waals surface area contributed by atoms with E-state index in [4.69, 9.17) is 21.1 Å². The molecular weight excluding hydrogens is 540 g/mol. The van der Waals surface area contributed by atoms with Gasteiger partial charge in [0.2, 0.25) is 12.3 Å². The average Bonchev–Trinajstić information content (AvgIpc) is 2.96. The lowest BCUT2D eigenvalue weighted by atomic mass is 9.78. The quantitative estimate of drug-likeness (QED) is 0.338. The number of amides is 2. The van der Waals surface area contributed by atoms with Crippen LogP contribution < -0.4 is 14.4 Å². The van der Waals surface area contributed by atoms with Crippen molar-refractivity contribution in [3.05, 3.63) is 87.9 Å². The van der Waals surface area contributed by atoms with E-state index in [1.165, 1.54) is 0 Å². The van der Waals surface area contributed by atoms with Gasteiger partial charge in [-0.1, -0.05) is 35.9 Å². The number of likely N-dealkylation sites (tertiary alicyclic amines) is 1. The second-order valence-corrected chi connectivity index (χ2v) is 11.8. The van der Waals surface area contributed by atoms with Gasteiger partial charge in [-0.2, -0.15) is 0 Å². The molecular formula is C33H37ClN2O5. The number of piperidine rings is 1. The number of carbonyl (C=O) groups excluding carboxylic acids is 2. The molecule has 0 radical (unpaired) electrons. The first-order chi connectivity index (χ1) is 19.6. The van der Waals surface area contributed by atoms with Crippen LogP contribution in [-0.4, -0.2) is 48.6 Å². The molecule has 216 valence electrons. The number of anilines is 1. The van der Waals surface area contributed by atoms with E-state index < -0.39 is 11.6 Å². The number of ether oxygens (including phenoxy) is 2. The lowest BCUT2D eigenvalue weighted by molar-refractivity contribution is -0.122. The Morgan fingerprint density at radius 2 is 1.78 bits per heavy atom. The van der Waals surface area contributed by atoms with Crippen LogP contribution in [0.15, 0.2) is 60.7 Å². The number of benzene rings is 3. The van der Waals surface area contributed by atoms with Gasteiger partial charge in [-0.05, 0) is 92.3 Å². The maximum Gasteiger partial charge on any atom is 0.232 e. The van der Waals surface area contributed by atoms with Crippen molar-refractivity contribution in [2.45, 2.75) is 57.8 Å².